The number of hydrogen-bond acceptors (Lipinski definition) is 5. The van der Waals surface area contributed by atoms with Crippen molar-refractivity contribution in [2.24, 2.45) is 5.92 Å². The van der Waals surface area contributed by atoms with Gasteiger partial charge in [-0.05, 0) is 26.0 Å². The maximum atomic E-state index is 12.6. The molecule has 26 heavy (non-hydrogen) atoms. The molecule has 1 aromatic carbocycles. The zero-order valence-corrected chi connectivity index (χ0v) is 14.5. The lowest BCUT2D eigenvalue weighted by molar-refractivity contribution is -0.123. The molecule has 2 aromatic heterocycles. The molecule has 1 aliphatic rings. The third-order valence-corrected chi connectivity index (χ3v) is 4.49. The molecule has 0 atom stereocenters. The Kier molecular flexibility index (Phi) is 3.91. The van der Waals surface area contributed by atoms with Gasteiger partial charge in [0.25, 0.3) is 5.91 Å². The fourth-order valence-corrected chi connectivity index (χ4v) is 3.09. The van der Waals surface area contributed by atoms with E-state index in [-0.39, 0.29) is 23.4 Å². The standard InChI is InChI=1S/C19H18N4O3/c1-11-7-16(14-5-3-4-6-15(14)20-11)21-18(24)13-9-23(10-13)19(25)17-8-12(2)26-22-17/h3-8,13H,9-10H2,1-2H3,(H,20,21,24). The highest BCUT2D eigenvalue weighted by Crippen LogP contribution is 2.25. The molecule has 0 unspecified atom stereocenters. The van der Waals surface area contributed by atoms with Crippen molar-refractivity contribution < 1.29 is 14.1 Å². The molecule has 0 bridgehead atoms. The first-order valence-corrected chi connectivity index (χ1v) is 8.41. The molecule has 1 N–H and O–H groups in total. The Morgan fingerprint density at radius 3 is 2.69 bits per heavy atom. The Morgan fingerprint density at radius 1 is 1.19 bits per heavy atom. The minimum atomic E-state index is -0.237. The Balaban J connectivity index is 1.44. The van der Waals surface area contributed by atoms with E-state index in [1.54, 1.807) is 17.9 Å². The fraction of sp³-hybridized carbons (Fsp3) is 0.263. The van der Waals surface area contributed by atoms with E-state index < -0.39 is 0 Å². The summed E-state index contributed by atoms with van der Waals surface area (Å²) >= 11 is 0. The zero-order chi connectivity index (χ0) is 18.3. The van der Waals surface area contributed by atoms with Gasteiger partial charge < -0.3 is 14.7 Å². The normalized spacial score (nSPS) is 14.3. The fourth-order valence-electron chi connectivity index (χ4n) is 3.09. The number of nitrogens with zero attached hydrogens (tertiary/aromatic N) is 3. The largest absolute Gasteiger partial charge is 0.361 e. The lowest BCUT2D eigenvalue weighted by Crippen LogP contribution is -2.54. The number of benzene rings is 1. The highest BCUT2D eigenvalue weighted by molar-refractivity contribution is 6.03. The number of anilines is 1. The molecule has 3 aromatic rings. The van der Waals surface area contributed by atoms with E-state index in [0.29, 0.717) is 18.8 Å². The maximum Gasteiger partial charge on any atom is 0.276 e. The van der Waals surface area contributed by atoms with Gasteiger partial charge in [0.1, 0.15) is 5.76 Å². The van der Waals surface area contributed by atoms with Crippen LogP contribution in [0.4, 0.5) is 5.69 Å². The van der Waals surface area contributed by atoms with Gasteiger partial charge in [-0.1, -0.05) is 23.4 Å². The van der Waals surface area contributed by atoms with Crippen molar-refractivity contribution in [2.45, 2.75) is 13.8 Å². The number of hydrogen-bond donors (Lipinski definition) is 1. The molecule has 7 heteroatoms. The van der Waals surface area contributed by atoms with E-state index >= 15 is 0 Å². The van der Waals surface area contributed by atoms with Crippen LogP contribution >= 0.6 is 0 Å². The summed E-state index contributed by atoms with van der Waals surface area (Å²) in [5, 5.41) is 7.61. The van der Waals surface area contributed by atoms with Crippen LogP contribution in [0.15, 0.2) is 40.9 Å². The first-order valence-electron chi connectivity index (χ1n) is 8.41. The molecule has 1 saturated heterocycles. The smallest absolute Gasteiger partial charge is 0.276 e. The number of aromatic nitrogens is 2. The van der Waals surface area contributed by atoms with Crippen LogP contribution in [0, 0.1) is 19.8 Å². The third-order valence-electron chi connectivity index (χ3n) is 4.49. The van der Waals surface area contributed by atoms with Gasteiger partial charge in [0.15, 0.2) is 5.69 Å². The average Bonchev–Trinajstić information content (AvgIpc) is 2.99. The number of carbonyl (C=O) groups is 2. The van der Waals surface area contributed by atoms with E-state index in [1.807, 2.05) is 37.3 Å². The monoisotopic (exact) mass is 350 g/mol. The SMILES string of the molecule is Cc1cc(NC(=O)C2CN(C(=O)c3cc(C)on3)C2)c2ccccc2n1. The Hall–Kier alpha value is -3.22. The number of carbonyl (C=O) groups excluding carboxylic acids is 2. The average molecular weight is 350 g/mol. The first kappa shape index (κ1) is 16.3. The highest BCUT2D eigenvalue weighted by Gasteiger charge is 2.37. The van der Waals surface area contributed by atoms with Crippen molar-refractivity contribution >= 4 is 28.4 Å². The molecule has 0 spiro atoms. The van der Waals surface area contributed by atoms with Crippen LogP contribution in [-0.2, 0) is 4.79 Å². The summed E-state index contributed by atoms with van der Waals surface area (Å²) in [6.45, 7) is 4.38. The minimum absolute atomic E-state index is 0.0962. The minimum Gasteiger partial charge on any atom is -0.361 e. The van der Waals surface area contributed by atoms with Crippen molar-refractivity contribution in [1.29, 1.82) is 0 Å². The van der Waals surface area contributed by atoms with E-state index in [0.717, 1.165) is 22.3 Å². The molecular formula is C19H18N4O3. The number of para-hydroxylation sites is 1. The van der Waals surface area contributed by atoms with Crippen LogP contribution in [-0.4, -0.2) is 39.9 Å². The van der Waals surface area contributed by atoms with Crippen LogP contribution in [0.25, 0.3) is 10.9 Å². The van der Waals surface area contributed by atoms with Gasteiger partial charge in [-0.25, -0.2) is 0 Å². The zero-order valence-electron chi connectivity index (χ0n) is 14.5. The molecule has 2 amide bonds. The second kappa shape index (κ2) is 6.25. The lowest BCUT2D eigenvalue weighted by Gasteiger charge is -2.37. The number of amides is 2. The molecule has 4 rings (SSSR count). The summed E-state index contributed by atoms with van der Waals surface area (Å²) in [6.07, 6.45) is 0. The van der Waals surface area contributed by atoms with Gasteiger partial charge in [0.05, 0.1) is 17.1 Å². The Bertz CT molecular complexity index is 1000. The molecule has 0 radical (unpaired) electrons. The quantitative estimate of drug-likeness (QED) is 0.784. The Labute approximate surface area is 150 Å². The highest BCUT2D eigenvalue weighted by atomic mass is 16.5. The second-order valence-corrected chi connectivity index (χ2v) is 6.55. The van der Waals surface area contributed by atoms with Gasteiger partial charge in [-0.3, -0.25) is 14.6 Å². The van der Waals surface area contributed by atoms with E-state index in [9.17, 15) is 9.59 Å². The van der Waals surface area contributed by atoms with Gasteiger partial charge in [0, 0.05) is 30.2 Å². The predicted octanol–water partition coefficient (Wildman–Crippen LogP) is 2.55. The van der Waals surface area contributed by atoms with E-state index in [2.05, 4.69) is 15.5 Å². The summed E-state index contributed by atoms with van der Waals surface area (Å²) < 4.78 is 4.93. The molecule has 132 valence electrons. The van der Waals surface area contributed by atoms with Crippen molar-refractivity contribution in [3.8, 4) is 0 Å². The molecule has 1 aliphatic heterocycles. The summed E-state index contributed by atoms with van der Waals surface area (Å²) in [5.74, 6) is 0.0412. The van der Waals surface area contributed by atoms with Gasteiger partial charge in [0.2, 0.25) is 5.91 Å². The van der Waals surface area contributed by atoms with Crippen molar-refractivity contribution in [2.75, 3.05) is 18.4 Å². The van der Waals surface area contributed by atoms with Crippen LogP contribution in [0.1, 0.15) is 21.9 Å². The third kappa shape index (κ3) is 2.92. The number of pyridine rings is 1. The molecule has 1 fully saturated rings. The van der Waals surface area contributed by atoms with Gasteiger partial charge in [-0.2, -0.15) is 0 Å². The number of rotatable bonds is 3. The number of likely N-dealkylation sites (tertiary alicyclic amines) is 1. The Morgan fingerprint density at radius 2 is 1.96 bits per heavy atom. The summed E-state index contributed by atoms with van der Waals surface area (Å²) in [4.78, 5) is 30.9. The number of fused-ring (bicyclic) bond motifs is 1. The number of aryl methyl sites for hydroxylation is 2. The van der Waals surface area contributed by atoms with Crippen molar-refractivity contribution in [3.05, 3.63) is 53.5 Å². The summed E-state index contributed by atoms with van der Waals surface area (Å²) in [6, 6.07) is 11.1. The predicted molar refractivity (Wildman–Crippen MR) is 95.7 cm³/mol. The topological polar surface area (TPSA) is 88.3 Å². The van der Waals surface area contributed by atoms with Gasteiger partial charge in [-0.15, -0.1) is 0 Å². The molecular weight excluding hydrogens is 332 g/mol. The first-order chi connectivity index (χ1) is 12.5. The maximum absolute atomic E-state index is 12.6. The second-order valence-electron chi connectivity index (χ2n) is 6.55. The van der Waals surface area contributed by atoms with Crippen molar-refractivity contribution in [3.63, 3.8) is 0 Å². The summed E-state index contributed by atoms with van der Waals surface area (Å²) in [5.41, 5.74) is 2.70. The number of nitrogens with one attached hydrogen (secondary N) is 1. The molecule has 0 saturated carbocycles. The molecule has 0 aliphatic carbocycles. The van der Waals surface area contributed by atoms with Gasteiger partial charge >= 0.3 is 0 Å². The van der Waals surface area contributed by atoms with E-state index in [1.165, 1.54) is 0 Å². The van der Waals surface area contributed by atoms with Crippen molar-refractivity contribution in [1.82, 2.24) is 15.0 Å². The molecule has 7 nitrogen and oxygen atoms in total. The van der Waals surface area contributed by atoms with Crippen LogP contribution in [0.2, 0.25) is 0 Å². The summed E-state index contributed by atoms with van der Waals surface area (Å²) in [7, 11) is 0. The van der Waals surface area contributed by atoms with E-state index in [4.69, 9.17) is 4.52 Å². The van der Waals surface area contributed by atoms with Crippen LogP contribution in [0.5, 0.6) is 0 Å². The lowest BCUT2D eigenvalue weighted by atomic mass is 9.98. The van der Waals surface area contributed by atoms with Crippen LogP contribution < -0.4 is 5.32 Å². The van der Waals surface area contributed by atoms with Crippen LogP contribution in [0.3, 0.4) is 0 Å². The molecule has 3 heterocycles.